The van der Waals surface area contributed by atoms with Crippen molar-refractivity contribution in [3.8, 4) is 0 Å². The van der Waals surface area contributed by atoms with Gasteiger partial charge in [-0.25, -0.2) is 0 Å². The number of halogens is 3. The van der Waals surface area contributed by atoms with Crippen LogP contribution in [0.4, 0.5) is 18.9 Å². The first-order valence-electron chi connectivity index (χ1n) is 4.56. The highest BCUT2D eigenvalue weighted by Gasteiger charge is 2.29. The van der Waals surface area contributed by atoms with Gasteiger partial charge < -0.3 is 11.1 Å². The summed E-state index contributed by atoms with van der Waals surface area (Å²) >= 11 is 0. The van der Waals surface area contributed by atoms with Crippen molar-refractivity contribution >= 4 is 5.69 Å². The van der Waals surface area contributed by atoms with Crippen molar-refractivity contribution in [3.63, 3.8) is 0 Å². The fraction of sp³-hybridized carbons (Fsp3) is 0.400. The van der Waals surface area contributed by atoms with Crippen molar-refractivity contribution in [1.82, 2.24) is 0 Å². The fourth-order valence-corrected chi connectivity index (χ4v) is 1.06. The number of anilines is 1. The summed E-state index contributed by atoms with van der Waals surface area (Å²) in [6.45, 7) is 2.35. The SMILES string of the molecule is CC(N)CNc1ccc(C(F)(F)F)cc1. The molecule has 0 spiro atoms. The minimum atomic E-state index is -4.28. The summed E-state index contributed by atoms with van der Waals surface area (Å²) in [5, 5.41) is 2.93. The molecule has 0 aliphatic rings. The molecule has 0 fully saturated rings. The summed E-state index contributed by atoms with van der Waals surface area (Å²) in [5.41, 5.74) is 5.49. The molecule has 0 saturated carbocycles. The number of nitrogens with one attached hydrogen (secondary N) is 1. The van der Waals surface area contributed by atoms with Crippen LogP contribution in [-0.4, -0.2) is 12.6 Å². The smallest absolute Gasteiger partial charge is 0.383 e. The molecule has 15 heavy (non-hydrogen) atoms. The summed E-state index contributed by atoms with van der Waals surface area (Å²) in [4.78, 5) is 0. The maximum atomic E-state index is 12.2. The van der Waals surface area contributed by atoms with Crippen molar-refractivity contribution in [2.45, 2.75) is 19.1 Å². The average molecular weight is 218 g/mol. The predicted molar refractivity (Wildman–Crippen MR) is 53.6 cm³/mol. The van der Waals surface area contributed by atoms with Crippen molar-refractivity contribution in [2.24, 2.45) is 5.73 Å². The molecule has 0 aliphatic carbocycles. The van der Waals surface area contributed by atoms with E-state index in [1.54, 1.807) is 0 Å². The summed E-state index contributed by atoms with van der Waals surface area (Å²) in [6, 6.07) is 4.84. The Morgan fingerprint density at radius 1 is 1.27 bits per heavy atom. The van der Waals surface area contributed by atoms with Crippen LogP contribution in [0.1, 0.15) is 12.5 Å². The first-order valence-corrected chi connectivity index (χ1v) is 4.56. The summed E-state index contributed by atoms with van der Waals surface area (Å²) in [5.74, 6) is 0. The van der Waals surface area contributed by atoms with Crippen molar-refractivity contribution in [3.05, 3.63) is 29.8 Å². The van der Waals surface area contributed by atoms with Gasteiger partial charge in [-0.1, -0.05) is 0 Å². The Balaban J connectivity index is 2.65. The third kappa shape index (κ3) is 3.79. The molecule has 1 unspecified atom stereocenters. The summed E-state index contributed by atoms with van der Waals surface area (Å²) in [7, 11) is 0. The molecule has 0 bridgehead atoms. The molecule has 3 N–H and O–H groups in total. The Labute approximate surface area is 86.3 Å². The number of hydrogen-bond acceptors (Lipinski definition) is 2. The van der Waals surface area contributed by atoms with Gasteiger partial charge >= 0.3 is 6.18 Å². The minimum absolute atomic E-state index is 0.0349. The highest BCUT2D eigenvalue weighted by atomic mass is 19.4. The first kappa shape index (κ1) is 11.8. The normalized spacial score (nSPS) is 13.7. The molecule has 1 atom stereocenters. The third-order valence-corrected chi connectivity index (χ3v) is 1.84. The van der Waals surface area contributed by atoms with Crippen LogP contribution in [0.25, 0.3) is 0 Å². The van der Waals surface area contributed by atoms with Gasteiger partial charge in [0.1, 0.15) is 0 Å². The predicted octanol–water partition coefficient (Wildman–Crippen LogP) is 2.46. The molecule has 0 saturated heterocycles. The van der Waals surface area contributed by atoms with E-state index in [0.717, 1.165) is 12.1 Å². The van der Waals surface area contributed by atoms with Gasteiger partial charge in [0, 0.05) is 18.3 Å². The molecule has 1 rings (SSSR count). The summed E-state index contributed by atoms with van der Waals surface area (Å²) in [6.07, 6.45) is -4.28. The zero-order valence-corrected chi connectivity index (χ0v) is 8.31. The van der Waals surface area contributed by atoms with Gasteiger partial charge in [-0.05, 0) is 31.2 Å². The maximum absolute atomic E-state index is 12.2. The molecule has 2 nitrogen and oxygen atoms in total. The second-order valence-electron chi connectivity index (χ2n) is 3.43. The van der Waals surface area contributed by atoms with E-state index in [0.29, 0.717) is 12.2 Å². The van der Waals surface area contributed by atoms with Crippen molar-refractivity contribution in [2.75, 3.05) is 11.9 Å². The maximum Gasteiger partial charge on any atom is 0.416 e. The van der Waals surface area contributed by atoms with E-state index >= 15 is 0 Å². The van der Waals surface area contributed by atoms with Gasteiger partial charge in [0.2, 0.25) is 0 Å². The lowest BCUT2D eigenvalue weighted by molar-refractivity contribution is -0.137. The molecule has 1 aromatic carbocycles. The molecule has 0 radical (unpaired) electrons. The molecule has 0 heterocycles. The van der Waals surface area contributed by atoms with E-state index in [1.807, 2.05) is 6.92 Å². The molecule has 0 amide bonds. The van der Waals surface area contributed by atoms with E-state index in [4.69, 9.17) is 5.73 Å². The summed E-state index contributed by atoms with van der Waals surface area (Å²) < 4.78 is 36.6. The van der Waals surface area contributed by atoms with Gasteiger partial charge in [0.25, 0.3) is 0 Å². The number of benzene rings is 1. The number of nitrogens with two attached hydrogens (primary N) is 1. The molecule has 1 aromatic rings. The van der Waals surface area contributed by atoms with Gasteiger partial charge in [-0.2, -0.15) is 13.2 Å². The van der Waals surface area contributed by atoms with E-state index in [2.05, 4.69) is 5.32 Å². The van der Waals surface area contributed by atoms with E-state index in [9.17, 15) is 13.2 Å². The van der Waals surface area contributed by atoms with Crippen LogP contribution in [0.15, 0.2) is 24.3 Å². The molecular weight excluding hydrogens is 205 g/mol. The molecular formula is C10H13F3N2. The topological polar surface area (TPSA) is 38.0 Å². The van der Waals surface area contributed by atoms with Gasteiger partial charge in [-0.3, -0.25) is 0 Å². The van der Waals surface area contributed by atoms with Crippen LogP contribution in [0.5, 0.6) is 0 Å². The van der Waals surface area contributed by atoms with E-state index in [-0.39, 0.29) is 6.04 Å². The van der Waals surface area contributed by atoms with Gasteiger partial charge in [0.15, 0.2) is 0 Å². The molecule has 0 aliphatic heterocycles. The van der Waals surface area contributed by atoms with E-state index < -0.39 is 11.7 Å². The lowest BCUT2D eigenvalue weighted by Gasteiger charge is -2.10. The largest absolute Gasteiger partial charge is 0.416 e. The minimum Gasteiger partial charge on any atom is -0.383 e. The van der Waals surface area contributed by atoms with Crippen LogP contribution < -0.4 is 11.1 Å². The second-order valence-corrected chi connectivity index (χ2v) is 3.43. The number of hydrogen-bond donors (Lipinski definition) is 2. The Morgan fingerprint density at radius 2 is 1.80 bits per heavy atom. The zero-order valence-electron chi connectivity index (χ0n) is 8.31. The highest BCUT2D eigenvalue weighted by Crippen LogP contribution is 2.29. The molecule has 5 heteroatoms. The average Bonchev–Trinajstić information content (AvgIpc) is 2.14. The third-order valence-electron chi connectivity index (χ3n) is 1.84. The first-order chi connectivity index (χ1) is 6.89. The van der Waals surface area contributed by atoms with Gasteiger partial charge in [-0.15, -0.1) is 0 Å². The number of rotatable bonds is 3. The Hall–Kier alpha value is -1.23. The highest BCUT2D eigenvalue weighted by molar-refractivity contribution is 5.45. The van der Waals surface area contributed by atoms with Crippen LogP contribution in [0.2, 0.25) is 0 Å². The second kappa shape index (κ2) is 4.53. The number of alkyl halides is 3. The Morgan fingerprint density at radius 3 is 2.20 bits per heavy atom. The van der Waals surface area contributed by atoms with Crippen LogP contribution in [0, 0.1) is 0 Å². The lowest BCUT2D eigenvalue weighted by Crippen LogP contribution is -2.25. The molecule has 84 valence electrons. The molecule has 0 aromatic heterocycles. The fourth-order valence-electron chi connectivity index (χ4n) is 1.06. The Kier molecular flexibility index (Phi) is 3.57. The van der Waals surface area contributed by atoms with Crippen LogP contribution in [0.3, 0.4) is 0 Å². The lowest BCUT2D eigenvalue weighted by atomic mass is 10.2. The van der Waals surface area contributed by atoms with Gasteiger partial charge in [0.05, 0.1) is 5.56 Å². The van der Waals surface area contributed by atoms with Crippen molar-refractivity contribution < 1.29 is 13.2 Å². The standard InChI is InChI=1S/C10H13F3N2/c1-7(14)6-15-9-4-2-8(3-5-9)10(11,12)13/h2-5,7,15H,6,14H2,1H3. The van der Waals surface area contributed by atoms with Crippen LogP contribution in [-0.2, 0) is 6.18 Å². The zero-order chi connectivity index (χ0) is 11.5. The van der Waals surface area contributed by atoms with E-state index in [1.165, 1.54) is 12.1 Å². The Bertz CT molecular complexity index is 303. The van der Waals surface area contributed by atoms with Crippen LogP contribution >= 0.6 is 0 Å². The quantitative estimate of drug-likeness (QED) is 0.817. The van der Waals surface area contributed by atoms with Crippen molar-refractivity contribution in [1.29, 1.82) is 0 Å². The monoisotopic (exact) mass is 218 g/mol.